The van der Waals surface area contributed by atoms with Gasteiger partial charge in [-0.25, -0.2) is 0 Å². The number of aliphatic hydroxyl groups excluding tert-OH is 1. The zero-order chi connectivity index (χ0) is 9.90. The molecule has 2 nitrogen and oxygen atoms in total. The van der Waals surface area contributed by atoms with Gasteiger partial charge in [-0.2, -0.15) is 0 Å². The Hall–Kier alpha value is -0.860. The third-order valence-electron chi connectivity index (χ3n) is 1.76. The van der Waals surface area contributed by atoms with Gasteiger partial charge in [-0.1, -0.05) is 0 Å². The van der Waals surface area contributed by atoms with Crippen molar-refractivity contribution >= 4 is 5.69 Å². The summed E-state index contributed by atoms with van der Waals surface area (Å²) in [4.78, 5) is 0. The van der Waals surface area contributed by atoms with Crippen LogP contribution in [0.15, 0.2) is 24.3 Å². The number of rotatable bonds is 3. The molecule has 0 aliphatic rings. The maximum atomic E-state index is 6.50. The first-order chi connectivity index (χ1) is 6.04. The van der Waals surface area contributed by atoms with Crippen molar-refractivity contribution in [3.63, 3.8) is 0 Å². The van der Waals surface area contributed by atoms with Gasteiger partial charge in [-0.3, -0.25) is 4.48 Å². The van der Waals surface area contributed by atoms with Crippen LogP contribution in [0.1, 0.15) is 6.99 Å². The minimum atomic E-state index is 0.780. The van der Waals surface area contributed by atoms with Crippen molar-refractivity contribution in [1.82, 2.24) is 4.48 Å². The van der Waals surface area contributed by atoms with E-state index in [0.29, 0.717) is 0 Å². The lowest BCUT2D eigenvalue weighted by atomic mass is 10.2. The fourth-order valence-electron chi connectivity index (χ4n) is 0.977. The van der Waals surface area contributed by atoms with Crippen LogP contribution in [0.5, 0.6) is 0 Å². The number of benzene rings is 1. The highest BCUT2D eigenvalue weighted by molar-refractivity contribution is 5.43. The number of quaternary nitrogens is 1. The molecule has 64 valence electrons. The first kappa shape index (κ1) is 7.77. The topological polar surface area (TPSA) is 20.2 Å². The number of aliphatic hydroxyl groups is 1. The molecular formula is C10H14NO+. The molecule has 0 aliphatic heterocycles. The van der Waals surface area contributed by atoms with Crippen molar-refractivity contribution in [2.24, 2.45) is 0 Å². The number of hydrogen-bond donors (Lipinski definition) is 1. The largest absolute Gasteiger partial charge is 0.378 e. The second-order valence-corrected chi connectivity index (χ2v) is 3.66. The Bertz CT molecular complexity index is 263. The van der Waals surface area contributed by atoms with Crippen LogP contribution in [0.2, 0.25) is 0 Å². The van der Waals surface area contributed by atoms with Crippen LogP contribution in [-0.4, -0.2) is 26.3 Å². The Morgan fingerprint density at radius 3 is 2.25 bits per heavy atom. The van der Waals surface area contributed by atoms with E-state index < -0.39 is 0 Å². The fourth-order valence-corrected chi connectivity index (χ4v) is 0.977. The third-order valence-corrected chi connectivity index (χ3v) is 1.76. The van der Waals surface area contributed by atoms with Gasteiger partial charge < -0.3 is 5.11 Å². The number of nitrogens with zero attached hydrogens (tertiary/aromatic N) is 1. The van der Waals surface area contributed by atoms with E-state index in [1.165, 1.54) is 5.69 Å². The Labute approximate surface area is 75.1 Å². The van der Waals surface area contributed by atoms with Gasteiger partial charge in [0.25, 0.3) is 0 Å². The van der Waals surface area contributed by atoms with Crippen LogP contribution in [-0.2, 0) is 0 Å². The van der Waals surface area contributed by atoms with Crippen molar-refractivity contribution in [2.45, 2.75) is 0 Å². The molecule has 1 rings (SSSR count). The summed E-state index contributed by atoms with van der Waals surface area (Å²) < 4.78 is 7.28. The van der Waals surface area contributed by atoms with Gasteiger partial charge >= 0.3 is 0 Å². The molecule has 0 spiro atoms. The van der Waals surface area contributed by atoms with Crippen LogP contribution >= 0.6 is 0 Å². The maximum absolute atomic E-state index is 6.50. The lowest BCUT2D eigenvalue weighted by Crippen LogP contribution is -2.34. The average Bonchev–Trinajstić information content (AvgIpc) is 2.04. The van der Waals surface area contributed by atoms with E-state index in [1.54, 1.807) is 0 Å². The molecule has 0 amide bonds. The van der Waals surface area contributed by atoms with Crippen LogP contribution in [0.3, 0.4) is 0 Å². The molecule has 0 heterocycles. The summed E-state index contributed by atoms with van der Waals surface area (Å²) in [7, 11) is 6.30. The molecule has 1 aromatic carbocycles. The molecule has 0 fully saturated rings. The molecule has 0 bridgehead atoms. The Balaban J connectivity index is 2.81. The predicted molar refractivity (Wildman–Crippen MR) is 50.3 cm³/mol. The molecule has 0 unspecified atom stereocenters. The molecule has 1 N–H and O–H groups in total. The van der Waals surface area contributed by atoms with Crippen LogP contribution < -0.4 is 4.48 Å². The molecule has 0 aliphatic carbocycles. The monoisotopic (exact) mass is 165 g/mol. The molecule has 1 aromatic rings. The Morgan fingerprint density at radius 1 is 1.25 bits per heavy atom. The maximum Gasteiger partial charge on any atom is 0.212 e. The molecule has 12 heavy (non-hydrogen) atoms. The summed E-state index contributed by atoms with van der Waals surface area (Å²) in [6, 6.07) is 7.77. The van der Waals surface area contributed by atoms with Crippen molar-refractivity contribution in [3.8, 4) is 0 Å². The minimum Gasteiger partial charge on any atom is -0.378 e. The van der Waals surface area contributed by atoms with Crippen molar-refractivity contribution in [3.05, 3.63) is 36.4 Å². The lowest BCUT2D eigenvalue weighted by molar-refractivity contribution is 0.414. The smallest absolute Gasteiger partial charge is 0.212 e. The molecule has 0 atom stereocenters. The van der Waals surface area contributed by atoms with Gasteiger partial charge in [-0.15, -0.1) is 0 Å². The Kier molecular flexibility index (Phi) is 2.11. The Morgan fingerprint density at radius 2 is 1.83 bits per heavy atom. The average molecular weight is 165 g/mol. The second-order valence-electron chi connectivity index (χ2n) is 3.66. The summed E-state index contributed by atoms with van der Waals surface area (Å²) in [6.45, 7) is 2.45. The van der Waals surface area contributed by atoms with Crippen LogP contribution in [0.4, 0.5) is 5.69 Å². The van der Waals surface area contributed by atoms with Gasteiger partial charge in [0, 0.05) is 0 Å². The predicted octanol–water partition coefficient (Wildman–Crippen LogP) is 1.64. The van der Waals surface area contributed by atoms with Crippen molar-refractivity contribution in [1.29, 1.82) is 0 Å². The van der Waals surface area contributed by atoms with Gasteiger partial charge in [0.05, 0.1) is 21.1 Å². The van der Waals surface area contributed by atoms with Gasteiger partial charge in [-0.05, 0) is 29.8 Å². The van der Waals surface area contributed by atoms with Crippen LogP contribution in [0.25, 0.3) is 0 Å². The first-order valence-corrected chi connectivity index (χ1v) is 3.84. The summed E-state index contributed by atoms with van der Waals surface area (Å²) in [5.41, 5.74) is 1.99. The second kappa shape index (κ2) is 3.25. The van der Waals surface area contributed by atoms with Gasteiger partial charge in [0.1, 0.15) is 5.69 Å². The van der Waals surface area contributed by atoms with Crippen molar-refractivity contribution in [2.75, 3.05) is 21.1 Å². The minimum absolute atomic E-state index is 0.780. The van der Waals surface area contributed by atoms with E-state index in [2.05, 4.69) is 32.9 Å². The van der Waals surface area contributed by atoms with E-state index >= 15 is 0 Å². The lowest BCUT2D eigenvalue weighted by Gasteiger charge is -2.23. The fraction of sp³-hybridized carbons (Fsp3) is 0.300. The first-order valence-electron chi connectivity index (χ1n) is 4.25. The van der Waals surface area contributed by atoms with E-state index in [0.717, 1.165) is 10.0 Å². The van der Waals surface area contributed by atoms with E-state index in [4.69, 9.17) is 1.43 Å². The SMILES string of the molecule is [2H]O[C]c1ccc([N+](C)(C)C)cc1. The van der Waals surface area contributed by atoms with Gasteiger partial charge in [0.15, 0.2) is 6.61 Å². The summed E-state index contributed by atoms with van der Waals surface area (Å²) >= 11 is 0. The normalized spacial score (nSPS) is 12.8. The van der Waals surface area contributed by atoms with Gasteiger partial charge in [0.2, 0.25) is 1.43 Å². The van der Waals surface area contributed by atoms with E-state index in [1.807, 2.05) is 24.3 Å². The van der Waals surface area contributed by atoms with E-state index in [-0.39, 0.29) is 0 Å². The highest BCUT2D eigenvalue weighted by Gasteiger charge is 2.10. The molecule has 2 heteroatoms. The molecule has 0 saturated carbocycles. The standard InChI is InChI=1S/C10H14NO/c1-11(2,3)10-6-4-9(8-12)5-7-10/h4-7,12H,1-3H3/q+1/i12D. The number of hydrogen-bond acceptors (Lipinski definition) is 1. The third kappa shape index (κ3) is 2.06. The summed E-state index contributed by atoms with van der Waals surface area (Å²) in [5, 5.41) is 4.05. The molecule has 0 saturated heterocycles. The van der Waals surface area contributed by atoms with E-state index in [9.17, 15) is 0 Å². The zero-order valence-corrected chi connectivity index (χ0v) is 7.66. The summed E-state index contributed by atoms with van der Waals surface area (Å²) in [6.07, 6.45) is 0. The molecular weight excluding hydrogens is 150 g/mol. The zero-order valence-electron chi connectivity index (χ0n) is 8.66. The highest BCUT2D eigenvalue weighted by atomic mass is 16.3. The highest BCUT2D eigenvalue weighted by Crippen LogP contribution is 2.17. The molecule has 2 radical (unpaired) electrons. The summed E-state index contributed by atoms with van der Waals surface area (Å²) in [5.74, 6) is 0. The quantitative estimate of drug-likeness (QED) is 0.675. The van der Waals surface area contributed by atoms with Crippen molar-refractivity contribution < 1.29 is 6.54 Å². The molecule has 0 aromatic heterocycles. The van der Waals surface area contributed by atoms with Crippen LogP contribution in [0, 0.1) is 6.61 Å².